The fourth-order valence-electron chi connectivity index (χ4n) is 2.97. The van der Waals surface area contributed by atoms with Gasteiger partial charge < -0.3 is 14.7 Å². The van der Waals surface area contributed by atoms with E-state index in [9.17, 15) is 4.79 Å². The molecule has 0 saturated carbocycles. The Morgan fingerprint density at radius 2 is 2.20 bits per heavy atom. The fourth-order valence-corrected chi connectivity index (χ4v) is 2.97. The second kappa shape index (κ2) is 8.20. The first-order chi connectivity index (χ1) is 12.1. The van der Waals surface area contributed by atoms with E-state index in [1.54, 1.807) is 12.4 Å². The number of rotatable bonds is 6. The molecule has 7 nitrogen and oxygen atoms in total. The Kier molecular flexibility index (Phi) is 5.75. The highest BCUT2D eigenvalue weighted by Gasteiger charge is 2.25. The highest BCUT2D eigenvalue weighted by atomic mass is 16.5. The number of piperidine rings is 1. The van der Waals surface area contributed by atoms with Gasteiger partial charge in [0.2, 0.25) is 11.8 Å². The number of hydrogen-bond acceptors (Lipinski definition) is 6. The third-order valence-corrected chi connectivity index (χ3v) is 4.51. The number of hydrogen-bond donors (Lipinski definition) is 1. The van der Waals surface area contributed by atoms with Crippen molar-refractivity contribution in [1.29, 1.82) is 0 Å². The summed E-state index contributed by atoms with van der Waals surface area (Å²) in [4.78, 5) is 22.8. The van der Waals surface area contributed by atoms with Gasteiger partial charge >= 0.3 is 0 Å². The van der Waals surface area contributed by atoms with Gasteiger partial charge in [-0.3, -0.25) is 9.78 Å². The number of likely N-dealkylation sites (tertiary alicyclic amines) is 1. The third-order valence-electron chi connectivity index (χ3n) is 4.51. The molecule has 0 radical (unpaired) electrons. The zero-order valence-electron chi connectivity index (χ0n) is 14.8. The van der Waals surface area contributed by atoms with Gasteiger partial charge in [0.25, 0.3) is 0 Å². The predicted octanol–water partition coefficient (Wildman–Crippen LogP) is 2.80. The van der Waals surface area contributed by atoms with Gasteiger partial charge in [0, 0.05) is 31.0 Å². The van der Waals surface area contributed by atoms with Crippen LogP contribution in [-0.4, -0.2) is 45.6 Å². The van der Waals surface area contributed by atoms with Crippen LogP contribution in [0.3, 0.4) is 0 Å². The summed E-state index contributed by atoms with van der Waals surface area (Å²) in [6, 6.07) is 3.65. The molecule has 0 aliphatic carbocycles. The van der Waals surface area contributed by atoms with E-state index in [0.717, 1.165) is 49.9 Å². The molecule has 0 bridgehead atoms. The van der Waals surface area contributed by atoms with E-state index >= 15 is 0 Å². The summed E-state index contributed by atoms with van der Waals surface area (Å²) >= 11 is 0. The van der Waals surface area contributed by atoms with Gasteiger partial charge in [-0.2, -0.15) is 4.98 Å². The van der Waals surface area contributed by atoms with Crippen molar-refractivity contribution in [2.24, 2.45) is 0 Å². The summed E-state index contributed by atoms with van der Waals surface area (Å²) in [5.74, 6) is 2.19. The van der Waals surface area contributed by atoms with Crippen molar-refractivity contribution in [1.82, 2.24) is 20.0 Å². The summed E-state index contributed by atoms with van der Waals surface area (Å²) in [6.45, 7) is 6.79. The van der Waals surface area contributed by atoms with Crippen molar-refractivity contribution in [3.63, 3.8) is 0 Å². The summed E-state index contributed by atoms with van der Waals surface area (Å²) in [6.07, 6.45) is 5.80. The van der Waals surface area contributed by atoms with Crippen molar-refractivity contribution < 1.29 is 9.32 Å². The second-order valence-electron chi connectivity index (χ2n) is 6.80. The monoisotopic (exact) mass is 343 g/mol. The van der Waals surface area contributed by atoms with E-state index in [-0.39, 0.29) is 11.8 Å². The SMILES string of the molecule is CC(C)c1noc(C2CCN(CCC(=O)Nc3cccnc3)CC2)n1. The van der Waals surface area contributed by atoms with Crippen LogP contribution >= 0.6 is 0 Å². The molecule has 2 aromatic rings. The largest absolute Gasteiger partial charge is 0.339 e. The lowest BCUT2D eigenvalue weighted by molar-refractivity contribution is -0.116. The van der Waals surface area contributed by atoms with E-state index in [1.807, 2.05) is 12.1 Å². The van der Waals surface area contributed by atoms with Crippen LogP contribution in [0.15, 0.2) is 29.0 Å². The Balaban J connectivity index is 1.41. The van der Waals surface area contributed by atoms with Crippen molar-refractivity contribution in [3.05, 3.63) is 36.2 Å². The molecule has 2 aromatic heterocycles. The Hall–Kier alpha value is -2.28. The average molecular weight is 343 g/mol. The second-order valence-corrected chi connectivity index (χ2v) is 6.80. The van der Waals surface area contributed by atoms with Gasteiger partial charge in [-0.25, -0.2) is 0 Å². The Morgan fingerprint density at radius 3 is 2.84 bits per heavy atom. The molecule has 1 fully saturated rings. The van der Waals surface area contributed by atoms with Crippen molar-refractivity contribution in [3.8, 4) is 0 Å². The molecule has 1 amide bonds. The quantitative estimate of drug-likeness (QED) is 0.868. The van der Waals surface area contributed by atoms with Crippen LogP contribution in [0.25, 0.3) is 0 Å². The maximum atomic E-state index is 12.0. The van der Waals surface area contributed by atoms with Gasteiger partial charge in [-0.05, 0) is 38.1 Å². The molecule has 7 heteroatoms. The number of amides is 1. The Bertz CT molecular complexity index is 678. The minimum Gasteiger partial charge on any atom is -0.339 e. The molecule has 0 atom stereocenters. The summed E-state index contributed by atoms with van der Waals surface area (Å²) < 4.78 is 5.42. The summed E-state index contributed by atoms with van der Waals surface area (Å²) in [7, 11) is 0. The van der Waals surface area contributed by atoms with Crippen molar-refractivity contribution in [2.75, 3.05) is 25.0 Å². The standard InChI is InChI=1S/C18H25N5O2/c1-13(2)17-21-18(25-22-17)14-5-9-23(10-6-14)11-7-16(24)20-15-4-3-8-19-12-15/h3-4,8,12-14H,5-7,9-11H2,1-2H3,(H,20,24). The fraction of sp³-hybridized carbons (Fsp3) is 0.556. The van der Waals surface area contributed by atoms with E-state index in [0.29, 0.717) is 12.3 Å². The highest BCUT2D eigenvalue weighted by Crippen LogP contribution is 2.27. The first kappa shape index (κ1) is 17.5. The van der Waals surface area contributed by atoms with Crippen LogP contribution in [0.4, 0.5) is 5.69 Å². The van der Waals surface area contributed by atoms with Crippen molar-refractivity contribution in [2.45, 2.75) is 44.9 Å². The van der Waals surface area contributed by atoms with Crippen LogP contribution in [0.2, 0.25) is 0 Å². The lowest BCUT2D eigenvalue weighted by Crippen LogP contribution is -2.35. The number of aromatic nitrogens is 3. The third kappa shape index (κ3) is 4.85. The smallest absolute Gasteiger partial charge is 0.229 e. The molecule has 3 rings (SSSR count). The first-order valence-electron chi connectivity index (χ1n) is 8.87. The molecule has 0 aromatic carbocycles. The van der Waals surface area contributed by atoms with Crippen LogP contribution in [0.1, 0.15) is 56.7 Å². The topological polar surface area (TPSA) is 84.2 Å². The Morgan fingerprint density at radius 1 is 1.40 bits per heavy atom. The molecule has 1 aliphatic heterocycles. The molecule has 134 valence electrons. The molecule has 3 heterocycles. The Labute approximate surface area is 147 Å². The molecular formula is C18H25N5O2. The number of anilines is 1. The minimum absolute atomic E-state index is 0.0219. The van der Waals surface area contributed by atoms with Crippen LogP contribution < -0.4 is 5.32 Å². The number of pyridine rings is 1. The zero-order valence-corrected chi connectivity index (χ0v) is 14.8. The maximum absolute atomic E-state index is 12.0. The van der Waals surface area contributed by atoms with E-state index in [4.69, 9.17) is 4.52 Å². The van der Waals surface area contributed by atoms with Crippen LogP contribution in [0.5, 0.6) is 0 Å². The van der Waals surface area contributed by atoms with E-state index < -0.39 is 0 Å². The van der Waals surface area contributed by atoms with Gasteiger partial charge in [-0.15, -0.1) is 0 Å². The number of nitrogens with zero attached hydrogens (tertiary/aromatic N) is 4. The maximum Gasteiger partial charge on any atom is 0.229 e. The number of carbonyl (C=O) groups excluding carboxylic acids is 1. The lowest BCUT2D eigenvalue weighted by Gasteiger charge is -2.30. The highest BCUT2D eigenvalue weighted by molar-refractivity contribution is 5.90. The normalized spacial score (nSPS) is 16.3. The van der Waals surface area contributed by atoms with Gasteiger partial charge in [0.1, 0.15) is 0 Å². The van der Waals surface area contributed by atoms with E-state index in [2.05, 4.69) is 39.2 Å². The first-order valence-corrected chi connectivity index (χ1v) is 8.87. The average Bonchev–Trinajstić information content (AvgIpc) is 3.12. The number of carbonyl (C=O) groups is 1. The van der Waals surface area contributed by atoms with Gasteiger partial charge in [0.05, 0.1) is 11.9 Å². The zero-order chi connectivity index (χ0) is 17.6. The van der Waals surface area contributed by atoms with Gasteiger partial charge in [0.15, 0.2) is 5.82 Å². The van der Waals surface area contributed by atoms with Crippen LogP contribution in [0, 0.1) is 0 Å². The predicted molar refractivity (Wildman–Crippen MR) is 94.3 cm³/mol. The summed E-state index contributed by atoms with van der Waals surface area (Å²) in [5.41, 5.74) is 0.739. The molecule has 1 saturated heterocycles. The molecular weight excluding hydrogens is 318 g/mol. The molecule has 0 unspecified atom stereocenters. The van der Waals surface area contributed by atoms with Crippen LogP contribution in [-0.2, 0) is 4.79 Å². The minimum atomic E-state index is 0.0219. The van der Waals surface area contributed by atoms with Gasteiger partial charge in [-0.1, -0.05) is 19.0 Å². The molecule has 1 aliphatic rings. The molecule has 0 spiro atoms. The summed E-state index contributed by atoms with van der Waals surface area (Å²) in [5, 5.41) is 6.92. The lowest BCUT2D eigenvalue weighted by atomic mass is 9.96. The molecule has 1 N–H and O–H groups in total. The molecule has 25 heavy (non-hydrogen) atoms. The van der Waals surface area contributed by atoms with E-state index in [1.165, 1.54) is 0 Å². The van der Waals surface area contributed by atoms with Crippen molar-refractivity contribution >= 4 is 11.6 Å². The number of nitrogens with one attached hydrogen (secondary N) is 1.